The number of nitrogens with one attached hydrogen (secondary N) is 1. The number of aromatic amines is 1. The van der Waals surface area contributed by atoms with Crippen molar-refractivity contribution >= 4 is 0 Å². The summed E-state index contributed by atoms with van der Waals surface area (Å²) >= 11 is 0. The van der Waals surface area contributed by atoms with Crippen molar-refractivity contribution in [2.24, 2.45) is 0 Å². The minimum atomic E-state index is 0.301. The summed E-state index contributed by atoms with van der Waals surface area (Å²) in [5.74, 6) is 1.08. The highest BCUT2D eigenvalue weighted by molar-refractivity contribution is 5.14. The normalized spacial score (nSPS) is 24.6. The first-order valence-corrected chi connectivity index (χ1v) is 9.24. The molecule has 0 spiro atoms. The largest absolute Gasteiger partial charge is 0.374 e. The van der Waals surface area contributed by atoms with Gasteiger partial charge in [-0.3, -0.25) is 14.8 Å². The molecule has 2 aliphatic heterocycles. The molecule has 0 aliphatic carbocycles. The average molecular weight is 341 g/mol. The van der Waals surface area contributed by atoms with E-state index in [9.17, 15) is 0 Å². The summed E-state index contributed by atoms with van der Waals surface area (Å²) in [6, 6.07) is 4.63. The lowest BCUT2D eigenvalue weighted by molar-refractivity contribution is -0.0504. The smallest absolute Gasteiger partial charge is 0.106 e. The molecule has 0 saturated carbocycles. The quantitative estimate of drug-likeness (QED) is 0.898. The fourth-order valence-electron chi connectivity index (χ4n) is 3.98. The predicted octanol–water partition coefficient (Wildman–Crippen LogP) is 1.76. The molecular formula is C19H27N5O. The molecule has 4 heterocycles. The zero-order valence-corrected chi connectivity index (χ0v) is 15.1. The fraction of sp³-hybridized carbons (Fsp3) is 0.579. The molecule has 2 atom stereocenters. The molecule has 4 rings (SSSR count). The third kappa shape index (κ3) is 3.61. The van der Waals surface area contributed by atoms with Crippen LogP contribution in [0, 0.1) is 6.92 Å². The van der Waals surface area contributed by atoms with Gasteiger partial charge in [-0.2, -0.15) is 0 Å². The maximum atomic E-state index is 6.07. The van der Waals surface area contributed by atoms with Crippen LogP contribution in [0.5, 0.6) is 0 Å². The van der Waals surface area contributed by atoms with Crippen LogP contribution in [0.2, 0.25) is 0 Å². The number of aryl methyl sites for hydroxylation is 2. The molecule has 2 saturated heterocycles. The van der Waals surface area contributed by atoms with Gasteiger partial charge in [-0.1, -0.05) is 13.0 Å². The molecule has 0 radical (unpaired) electrons. The van der Waals surface area contributed by atoms with Crippen LogP contribution in [-0.4, -0.2) is 63.1 Å². The zero-order chi connectivity index (χ0) is 17.2. The van der Waals surface area contributed by atoms with Gasteiger partial charge in [0.2, 0.25) is 0 Å². The molecule has 0 bridgehead atoms. The van der Waals surface area contributed by atoms with Crippen LogP contribution in [0.3, 0.4) is 0 Å². The van der Waals surface area contributed by atoms with Crippen LogP contribution < -0.4 is 0 Å². The van der Waals surface area contributed by atoms with E-state index in [1.165, 1.54) is 17.0 Å². The van der Waals surface area contributed by atoms with E-state index in [1.54, 1.807) is 0 Å². The number of pyridine rings is 1. The highest BCUT2D eigenvalue weighted by atomic mass is 16.5. The Morgan fingerprint density at radius 2 is 2.24 bits per heavy atom. The number of hydrogen-bond acceptors (Lipinski definition) is 5. The summed E-state index contributed by atoms with van der Waals surface area (Å²) in [5.41, 5.74) is 3.64. The van der Waals surface area contributed by atoms with Gasteiger partial charge < -0.3 is 9.72 Å². The highest BCUT2D eigenvalue weighted by Gasteiger charge is 2.40. The van der Waals surface area contributed by atoms with Crippen LogP contribution >= 0.6 is 0 Å². The number of morpholine rings is 1. The molecular weight excluding hydrogens is 314 g/mol. The average Bonchev–Trinajstić information content (AvgIpc) is 3.20. The molecule has 2 aromatic rings. The van der Waals surface area contributed by atoms with Crippen LogP contribution in [0.1, 0.15) is 29.7 Å². The molecule has 134 valence electrons. The number of likely N-dealkylation sites (tertiary alicyclic amines) is 1. The van der Waals surface area contributed by atoms with Crippen molar-refractivity contribution < 1.29 is 4.74 Å². The topological polar surface area (TPSA) is 57.3 Å². The van der Waals surface area contributed by atoms with Crippen LogP contribution in [0.15, 0.2) is 24.5 Å². The van der Waals surface area contributed by atoms with Crippen molar-refractivity contribution in [3.8, 4) is 0 Å². The number of aromatic nitrogens is 3. The Bertz CT molecular complexity index is 701. The number of rotatable bonds is 5. The number of ether oxygens (including phenoxy) is 1. The van der Waals surface area contributed by atoms with Crippen molar-refractivity contribution in [1.29, 1.82) is 0 Å². The number of H-pyrrole nitrogens is 1. The number of hydrogen-bond donors (Lipinski definition) is 1. The molecule has 6 nitrogen and oxygen atoms in total. The van der Waals surface area contributed by atoms with Gasteiger partial charge in [0.1, 0.15) is 5.82 Å². The maximum Gasteiger partial charge on any atom is 0.106 e. The number of fused-ring (bicyclic) bond motifs is 1. The van der Waals surface area contributed by atoms with Crippen LogP contribution in [0.25, 0.3) is 0 Å². The third-order valence-electron chi connectivity index (χ3n) is 5.34. The lowest BCUT2D eigenvalue weighted by Gasteiger charge is -2.36. The second-order valence-corrected chi connectivity index (χ2v) is 7.11. The van der Waals surface area contributed by atoms with Gasteiger partial charge in [-0.15, -0.1) is 0 Å². The Morgan fingerprint density at radius 1 is 1.32 bits per heavy atom. The molecule has 2 aromatic heterocycles. The summed E-state index contributed by atoms with van der Waals surface area (Å²) in [7, 11) is 0. The SMILES string of the molecule is CCc1nc(CN2C[C@@H]3OCCN(Cc4cccnc4)[C@H]3C2)c(C)[nH]1. The monoisotopic (exact) mass is 341 g/mol. The van der Waals surface area contributed by atoms with Gasteiger partial charge in [0, 0.05) is 57.2 Å². The second-order valence-electron chi connectivity index (χ2n) is 7.11. The summed E-state index contributed by atoms with van der Waals surface area (Å²) in [5, 5.41) is 0. The molecule has 0 amide bonds. The van der Waals surface area contributed by atoms with Gasteiger partial charge in [0.25, 0.3) is 0 Å². The third-order valence-corrected chi connectivity index (χ3v) is 5.34. The first-order chi connectivity index (χ1) is 12.2. The molecule has 0 aromatic carbocycles. The molecule has 2 fully saturated rings. The van der Waals surface area contributed by atoms with Gasteiger partial charge in [-0.05, 0) is 18.6 Å². The van der Waals surface area contributed by atoms with Gasteiger partial charge in [-0.25, -0.2) is 4.98 Å². The maximum absolute atomic E-state index is 6.07. The summed E-state index contributed by atoms with van der Waals surface area (Å²) < 4.78 is 6.07. The Morgan fingerprint density at radius 3 is 3.00 bits per heavy atom. The molecule has 0 unspecified atom stereocenters. The predicted molar refractivity (Wildman–Crippen MR) is 96.2 cm³/mol. The molecule has 25 heavy (non-hydrogen) atoms. The van der Waals surface area contributed by atoms with E-state index < -0.39 is 0 Å². The first-order valence-electron chi connectivity index (χ1n) is 9.24. The summed E-state index contributed by atoms with van der Waals surface area (Å²) in [4.78, 5) is 17.4. The molecule has 6 heteroatoms. The zero-order valence-electron chi connectivity index (χ0n) is 15.1. The first kappa shape index (κ1) is 16.7. The van der Waals surface area contributed by atoms with Gasteiger partial charge >= 0.3 is 0 Å². The minimum absolute atomic E-state index is 0.301. The van der Waals surface area contributed by atoms with Crippen molar-refractivity contribution in [2.75, 3.05) is 26.2 Å². The lowest BCUT2D eigenvalue weighted by atomic mass is 10.1. The van der Waals surface area contributed by atoms with E-state index in [2.05, 4.69) is 39.7 Å². The molecule has 1 N–H and O–H groups in total. The van der Waals surface area contributed by atoms with E-state index in [-0.39, 0.29) is 0 Å². The van der Waals surface area contributed by atoms with Gasteiger partial charge in [0.05, 0.1) is 24.4 Å². The number of nitrogens with zero attached hydrogens (tertiary/aromatic N) is 4. The Labute approximate surface area is 149 Å². The highest BCUT2D eigenvalue weighted by Crippen LogP contribution is 2.25. The fourth-order valence-corrected chi connectivity index (χ4v) is 3.98. The van der Waals surface area contributed by atoms with E-state index in [0.29, 0.717) is 12.1 Å². The van der Waals surface area contributed by atoms with E-state index in [1.807, 2.05) is 18.5 Å². The van der Waals surface area contributed by atoms with Crippen molar-refractivity contribution in [3.63, 3.8) is 0 Å². The van der Waals surface area contributed by atoms with Crippen molar-refractivity contribution in [2.45, 2.75) is 45.5 Å². The summed E-state index contributed by atoms with van der Waals surface area (Å²) in [6.45, 7) is 9.95. The van der Waals surface area contributed by atoms with Gasteiger partial charge in [0.15, 0.2) is 0 Å². The van der Waals surface area contributed by atoms with E-state index in [0.717, 1.165) is 51.6 Å². The summed E-state index contributed by atoms with van der Waals surface area (Å²) in [6.07, 6.45) is 5.06. The Hall–Kier alpha value is -1.76. The van der Waals surface area contributed by atoms with Crippen LogP contribution in [0.4, 0.5) is 0 Å². The molecule has 2 aliphatic rings. The number of imidazole rings is 1. The van der Waals surface area contributed by atoms with Crippen LogP contribution in [-0.2, 0) is 24.2 Å². The van der Waals surface area contributed by atoms with E-state index >= 15 is 0 Å². The second kappa shape index (κ2) is 7.23. The van der Waals surface area contributed by atoms with E-state index in [4.69, 9.17) is 9.72 Å². The minimum Gasteiger partial charge on any atom is -0.374 e. The Kier molecular flexibility index (Phi) is 4.83. The Balaban J connectivity index is 1.42. The van der Waals surface area contributed by atoms with Crippen molar-refractivity contribution in [1.82, 2.24) is 24.8 Å². The van der Waals surface area contributed by atoms with Crippen molar-refractivity contribution in [3.05, 3.63) is 47.3 Å². The lowest BCUT2D eigenvalue weighted by Crippen LogP contribution is -2.50. The standard InChI is InChI=1S/C19H27N5O/c1-3-19-21-14(2)16(22-19)11-23-12-17-18(13-23)25-8-7-24(17)10-15-5-4-6-20-9-15/h4-6,9,17-18H,3,7-8,10-13H2,1-2H3,(H,21,22)/t17-,18-/m0/s1.